The smallest absolute Gasteiger partial charge is 0.156 e. The van der Waals surface area contributed by atoms with Crippen LogP contribution in [-0.4, -0.2) is 28.8 Å². The van der Waals surface area contributed by atoms with Gasteiger partial charge in [-0.15, -0.1) is 0 Å². The molecule has 0 fully saturated rings. The van der Waals surface area contributed by atoms with Crippen LogP contribution >= 0.6 is 0 Å². The third-order valence-electron chi connectivity index (χ3n) is 1.09. The Labute approximate surface area is 52.7 Å². The molecule has 0 amide bonds. The number of rotatable bonds is 2. The van der Waals surface area contributed by atoms with Crippen molar-refractivity contribution in [1.82, 2.24) is 0 Å². The van der Waals surface area contributed by atoms with E-state index in [1.54, 1.807) is 0 Å². The Hall–Kier alpha value is -0.610. The van der Waals surface area contributed by atoms with Crippen LogP contribution in [0, 0.1) is 0 Å². The molecular weight excluding hydrogens is 122 g/mol. The Bertz CT molecular complexity index is 121. The second-order valence-corrected chi connectivity index (χ2v) is 1.93. The summed E-state index contributed by atoms with van der Waals surface area (Å²) in [6, 6.07) is 0. The van der Waals surface area contributed by atoms with Crippen molar-refractivity contribution in [3.63, 3.8) is 0 Å². The first kappa shape index (κ1) is 6.51. The maximum atomic E-state index is 8.43. The van der Waals surface area contributed by atoms with E-state index >= 15 is 0 Å². The summed E-state index contributed by atoms with van der Waals surface area (Å²) in [4.78, 5) is 4.62. The lowest BCUT2D eigenvalue weighted by atomic mass is 10.2. The molecule has 0 saturated heterocycles. The third kappa shape index (κ3) is 1.99. The highest BCUT2D eigenvalue weighted by Gasteiger charge is 2.10. The first-order valence-corrected chi connectivity index (χ1v) is 2.83. The van der Waals surface area contributed by atoms with Crippen LogP contribution in [0.3, 0.4) is 0 Å². The maximum Gasteiger partial charge on any atom is 0.156 e. The Morgan fingerprint density at radius 2 is 2.44 bits per heavy atom. The molecule has 1 aliphatic heterocycles. The number of hydrogen-bond acceptors (Lipinski definition) is 4. The zero-order chi connectivity index (χ0) is 6.69. The van der Waals surface area contributed by atoms with Crippen LogP contribution in [0.15, 0.2) is 5.16 Å². The van der Waals surface area contributed by atoms with Crippen molar-refractivity contribution in [3.8, 4) is 0 Å². The molecule has 0 unspecified atom stereocenters. The molecule has 0 radical (unpaired) electrons. The molecule has 1 heterocycles. The standard InChI is InChI=1S/C5H9NO3/c7-5(8)3-4-1-2-9-6-4/h5,7-8H,1-3H2. The minimum atomic E-state index is -1.29. The van der Waals surface area contributed by atoms with Crippen molar-refractivity contribution >= 4 is 5.71 Å². The fraction of sp³-hybridized carbons (Fsp3) is 0.800. The monoisotopic (exact) mass is 131 g/mol. The predicted octanol–water partition coefficient (Wildman–Crippen LogP) is -0.536. The van der Waals surface area contributed by atoms with Gasteiger partial charge in [0.05, 0.1) is 5.71 Å². The average molecular weight is 131 g/mol. The van der Waals surface area contributed by atoms with E-state index in [0.29, 0.717) is 6.61 Å². The topological polar surface area (TPSA) is 62.0 Å². The van der Waals surface area contributed by atoms with Gasteiger partial charge in [0.2, 0.25) is 0 Å². The second-order valence-electron chi connectivity index (χ2n) is 1.93. The molecule has 0 bridgehead atoms. The summed E-state index contributed by atoms with van der Waals surface area (Å²) in [5.74, 6) is 0. The van der Waals surface area contributed by atoms with Crippen molar-refractivity contribution in [2.45, 2.75) is 19.1 Å². The summed E-state index contributed by atoms with van der Waals surface area (Å²) in [5, 5.41) is 20.4. The van der Waals surface area contributed by atoms with E-state index < -0.39 is 6.29 Å². The van der Waals surface area contributed by atoms with Crippen molar-refractivity contribution in [2.75, 3.05) is 6.61 Å². The number of aliphatic hydroxyl groups excluding tert-OH is 1. The molecule has 4 heteroatoms. The Morgan fingerprint density at radius 1 is 1.67 bits per heavy atom. The molecule has 0 aliphatic carbocycles. The molecule has 2 N–H and O–H groups in total. The fourth-order valence-corrected chi connectivity index (χ4v) is 0.696. The van der Waals surface area contributed by atoms with Gasteiger partial charge < -0.3 is 15.1 Å². The Balaban J connectivity index is 2.26. The van der Waals surface area contributed by atoms with Gasteiger partial charge >= 0.3 is 0 Å². The van der Waals surface area contributed by atoms with E-state index in [1.807, 2.05) is 0 Å². The number of nitrogens with zero attached hydrogens (tertiary/aromatic N) is 1. The summed E-state index contributed by atoms with van der Waals surface area (Å²) in [6.07, 6.45) is -0.358. The number of oxime groups is 1. The molecule has 0 aromatic carbocycles. The van der Waals surface area contributed by atoms with Crippen molar-refractivity contribution in [2.24, 2.45) is 5.16 Å². The predicted molar refractivity (Wildman–Crippen MR) is 30.8 cm³/mol. The lowest BCUT2D eigenvalue weighted by molar-refractivity contribution is -0.0329. The number of aliphatic hydroxyl groups is 2. The molecule has 4 nitrogen and oxygen atoms in total. The number of hydrogen-bond donors (Lipinski definition) is 2. The quantitative estimate of drug-likeness (QED) is 0.495. The van der Waals surface area contributed by atoms with Gasteiger partial charge in [0.25, 0.3) is 0 Å². The Morgan fingerprint density at radius 3 is 2.89 bits per heavy atom. The van der Waals surface area contributed by atoms with Crippen molar-refractivity contribution in [3.05, 3.63) is 0 Å². The summed E-state index contributed by atoms with van der Waals surface area (Å²) in [6.45, 7) is 0.571. The molecule has 0 spiro atoms. The van der Waals surface area contributed by atoms with E-state index in [1.165, 1.54) is 0 Å². The van der Waals surface area contributed by atoms with E-state index in [-0.39, 0.29) is 6.42 Å². The van der Waals surface area contributed by atoms with E-state index in [4.69, 9.17) is 10.2 Å². The van der Waals surface area contributed by atoms with Crippen LogP contribution in [0.5, 0.6) is 0 Å². The molecule has 0 saturated carbocycles. The molecule has 0 aromatic rings. The highest BCUT2D eigenvalue weighted by molar-refractivity contribution is 5.85. The largest absolute Gasteiger partial charge is 0.395 e. The van der Waals surface area contributed by atoms with Crippen LogP contribution in [0.2, 0.25) is 0 Å². The van der Waals surface area contributed by atoms with Gasteiger partial charge in [0, 0.05) is 12.8 Å². The van der Waals surface area contributed by atoms with Gasteiger partial charge in [-0.25, -0.2) is 0 Å². The molecular formula is C5H9NO3. The molecule has 9 heavy (non-hydrogen) atoms. The van der Waals surface area contributed by atoms with Crippen LogP contribution in [0.25, 0.3) is 0 Å². The van der Waals surface area contributed by atoms with Crippen molar-refractivity contribution in [1.29, 1.82) is 0 Å². The highest BCUT2D eigenvalue weighted by atomic mass is 16.6. The van der Waals surface area contributed by atoms with E-state index in [2.05, 4.69) is 9.99 Å². The van der Waals surface area contributed by atoms with Crippen LogP contribution in [0.4, 0.5) is 0 Å². The van der Waals surface area contributed by atoms with Crippen LogP contribution in [0.1, 0.15) is 12.8 Å². The summed E-state index contributed by atoms with van der Waals surface area (Å²) >= 11 is 0. The van der Waals surface area contributed by atoms with E-state index in [0.717, 1.165) is 12.1 Å². The van der Waals surface area contributed by atoms with Crippen LogP contribution in [-0.2, 0) is 4.84 Å². The first-order valence-electron chi connectivity index (χ1n) is 2.83. The van der Waals surface area contributed by atoms with Crippen LogP contribution < -0.4 is 0 Å². The fourth-order valence-electron chi connectivity index (χ4n) is 0.696. The van der Waals surface area contributed by atoms with Gasteiger partial charge in [-0.05, 0) is 0 Å². The lowest BCUT2D eigenvalue weighted by Gasteiger charge is -1.98. The molecule has 1 aliphatic rings. The van der Waals surface area contributed by atoms with Crippen molar-refractivity contribution < 1.29 is 15.1 Å². The molecule has 0 aromatic heterocycles. The first-order chi connectivity index (χ1) is 4.29. The van der Waals surface area contributed by atoms with Gasteiger partial charge in [-0.2, -0.15) is 0 Å². The van der Waals surface area contributed by atoms with Gasteiger partial charge in [-0.1, -0.05) is 5.16 Å². The summed E-state index contributed by atoms with van der Waals surface area (Å²) < 4.78 is 0. The normalized spacial score (nSPS) is 17.9. The maximum absolute atomic E-state index is 8.43. The lowest BCUT2D eigenvalue weighted by Crippen LogP contribution is -2.10. The molecule has 0 atom stereocenters. The average Bonchev–Trinajstić information content (AvgIpc) is 2.15. The zero-order valence-corrected chi connectivity index (χ0v) is 4.95. The van der Waals surface area contributed by atoms with Gasteiger partial charge in [0.15, 0.2) is 6.29 Å². The summed E-state index contributed by atoms with van der Waals surface area (Å²) in [7, 11) is 0. The molecule has 1 rings (SSSR count). The SMILES string of the molecule is OC(O)CC1=NOCC1. The van der Waals surface area contributed by atoms with Gasteiger partial charge in [0.1, 0.15) is 6.61 Å². The minimum Gasteiger partial charge on any atom is -0.395 e. The molecule has 52 valence electrons. The van der Waals surface area contributed by atoms with Gasteiger partial charge in [-0.3, -0.25) is 0 Å². The zero-order valence-electron chi connectivity index (χ0n) is 4.95. The second kappa shape index (κ2) is 2.80. The minimum absolute atomic E-state index is 0.208. The van der Waals surface area contributed by atoms with E-state index in [9.17, 15) is 0 Å². The third-order valence-corrected chi connectivity index (χ3v) is 1.09. The highest BCUT2D eigenvalue weighted by Crippen LogP contribution is 2.04. The Kier molecular flexibility index (Phi) is 2.02. The summed E-state index contributed by atoms with van der Waals surface area (Å²) in [5.41, 5.74) is 0.727.